The van der Waals surface area contributed by atoms with E-state index in [2.05, 4.69) is 5.32 Å². The Balaban J connectivity index is 2.36. The van der Waals surface area contributed by atoms with Crippen LogP contribution in [0.3, 0.4) is 0 Å². The lowest BCUT2D eigenvalue weighted by molar-refractivity contribution is -0.150. The summed E-state index contributed by atoms with van der Waals surface area (Å²) in [6.45, 7) is 2.92. The van der Waals surface area contributed by atoms with E-state index in [1.807, 2.05) is 31.2 Å². The fourth-order valence-corrected chi connectivity index (χ4v) is 2.34. The van der Waals surface area contributed by atoms with Crippen LogP contribution in [0.2, 0.25) is 0 Å². The van der Waals surface area contributed by atoms with Crippen LogP contribution < -0.4 is 5.32 Å². The molecule has 0 saturated carbocycles. The van der Waals surface area contributed by atoms with E-state index < -0.39 is 17.4 Å². The molecule has 0 aromatic heterocycles. The standard InChI is InChI=1S/C13H17NO3/c1-9-3-5-10(6-4-9)13(7-17-8-13)11(14-2)12(15)16/h3-6,11,14H,7-8H2,1-2H3,(H,15,16). The van der Waals surface area contributed by atoms with Crippen LogP contribution in [0.1, 0.15) is 11.1 Å². The normalized spacial score (nSPS) is 19.4. The van der Waals surface area contributed by atoms with Gasteiger partial charge < -0.3 is 15.2 Å². The number of nitrogens with one attached hydrogen (secondary N) is 1. The predicted molar refractivity (Wildman–Crippen MR) is 64.2 cm³/mol. The molecule has 17 heavy (non-hydrogen) atoms. The van der Waals surface area contributed by atoms with E-state index in [0.29, 0.717) is 13.2 Å². The van der Waals surface area contributed by atoms with Crippen LogP contribution in [-0.4, -0.2) is 37.4 Å². The van der Waals surface area contributed by atoms with Crippen LogP contribution in [0.4, 0.5) is 0 Å². The number of carbonyl (C=O) groups is 1. The van der Waals surface area contributed by atoms with Gasteiger partial charge in [-0.15, -0.1) is 0 Å². The first-order valence-electron chi connectivity index (χ1n) is 5.65. The SMILES string of the molecule is CNC(C(=O)O)C1(c2ccc(C)cc2)COC1. The zero-order valence-corrected chi connectivity index (χ0v) is 10.1. The summed E-state index contributed by atoms with van der Waals surface area (Å²) in [5.74, 6) is -0.837. The number of carboxylic acids is 1. The van der Waals surface area contributed by atoms with Crippen LogP contribution in [-0.2, 0) is 14.9 Å². The molecular weight excluding hydrogens is 218 g/mol. The average Bonchev–Trinajstić information content (AvgIpc) is 2.24. The van der Waals surface area contributed by atoms with E-state index >= 15 is 0 Å². The van der Waals surface area contributed by atoms with Crippen LogP contribution in [0.15, 0.2) is 24.3 Å². The smallest absolute Gasteiger partial charge is 0.321 e. The van der Waals surface area contributed by atoms with Gasteiger partial charge >= 0.3 is 5.97 Å². The molecule has 0 radical (unpaired) electrons. The number of aryl methyl sites for hydroxylation is 1. The maximum atomic E-state index is 11.3. The van der Waals surface area contributed by atoms with Gasteiger partial charge in [-0.2, -0.15) is 0 Å². The minimum atomic E-state index is -0.837. The Labute approximate surface area is 101 Å². The summed E-state index contributed by atoms with van der Waals surface area (Å²) >= 11 is 0. The molecule has 1 aromatic rings. The molecule has 4 heteroatoms. The highest BCUT2D eigenvalue weighted by molar-refractivity contribution is 5.76. The average molecular weight is 235 g/mol. The Morgan fingerprint density at radius 3 is 2.35 bits per heavy atom. The number of hydrogen-bond acceptors (Lipinski definition) is 3. The number of rotatable bonds is 4. The van der Waals surface area contributed by atoms with Gasteiger partial charge in [0, 0.05) is 0 Å². The van der Waals surface area contributed by atoms with Gasteiger partial charge in [0.1, 0.15) is 6.04 Å². The van der Waals surface area contributed by atoms with E-state index in [0.717, 1.165) is 5.56 Å². The Bertz CT molecular complexity index is 409. The highest BCUT2D eigenvalue weighted by Crippen LogP contribution is 2.36. The summed E-state index contributed by atoms with van der Waals surface area (Å²) in [6, 6.07) is 7.38. The van der Waals surface area contributed by atoms with Crippen molar-refractivity contribution in [2.45, 2.75) is 18.4 Å². The van der Waals surface area contributed by atoms with Gasteiger partial charge in [-0.25, -0.2) is 0 Å². The van der Waals surface area contributed by atoms with Crippen molar-refractivity contribution < 1.29 is 14.6 Å². The van der Waals surface area contributed by atoms with Crippen LogP contribution >= 0.6 is 0 Å². The van der Waals surface area contributed by atoms with Gasteiger partial charge in [0.15, 0.2) is 0 Å². The van der Waals surface area contributed by atoms with E-state index in [9.17, 15) is 9.90 Å². The number of likely N-dealkylation sites (N-methyl/N-ethyl adjacent to an activating group) is 1. The fraction of sp³-hybridized carbons (Fsp3) is 0.462. The lowest BCUT2D eigenvalue weighted by Gasteiger charge is -2.45. The molecular formula is C13H17NO3. The molecule has 2 N–H and O–H groups in total. The van der Waals surface area contributed by atoms with E-state index in [4.69, 9.17) is 4.74 Å². The van der Waals surface area contributed by atoms with Crippen molar-refractivity contribution >= 4 is 5.97 Å². The van der Waals surface area contributed by atoms with Gasteiger partial charge in [0.2, 0.25) is 0 Å². The fourth-order valence-electron chi connectivity index (χ4n) is 2.34. The molecule has 1 fully saturated rings. The lowest BCUT2D eigenvalue weighted by atomic mass is 9.72. The summed E-state index contributed by atoms with van der Waals surface area (Å²) < 4.78 is 5.25. The van der Waals surface area contributed by atoms with Crippen molar-refractivity contribution in [3.8, 4) is 0 Å². The maximum Gasteiger partial charge on any atom is 0.321 e. The first-order valence-corrected chi connectivity index (χ1v) is 5.65. The van der Waals surface area contributed by atoms with Crippen LogP contribution in [0.5, 0.6) is 0 Å². The summed E-state index contributed by atoms with van der Waals surface area (Å²) in [5, 5.41) is 12.1. The third-order valence-electron chi connectivity index (χ3n) is 3.43. The van der Waals surface area contributed by atoms with Gasteiger partial charge in [0.05, 0.1) is 18.6 Å². The molecule has 1 atom stereocenters. The van der Waals surface area contributed by atoms with Crippen LogP contribution in [0, 0.1) is 6.92 Å². The Morgan fingerprint density at radius 2 is 2.00 bits per heavy atom. The molecule has 2 rings (SSSR count). The van der Waals surface area contributed by atoms with E-state index in [1.165, 1.54) is 5.56 Å². The quantitative estimate of drug-likeness (QED) is 0.815. The molecule has 1 aliphatic heterocycles. The monoisotopic (exact) mass is 235 g/mol. The van der Waals surface area contributed by atoms with Gasteiger partial charge in [-0.3, -0.25) is 4.79 Å². The largest absolute Gasteiger partial charge is 0.480 e. The Kier molecular flexibility index (Phi) is 3.17. The second kappa shape index (κ2) is 4.47. The minimum absolute atomic E-state index is 0.436. The van der Waals surface area contributed by atoms with Crippen molar-refractivity contribution in [2.24, 2.45) is 0 Å². The summed E-state index contributed by atoms with van der Waals surface area (Å²) in [5.41, 5.74) is 1.76. The molecule has 92 valence electrons. The number of hydrogen-bond donors (Lipinski definition) is 2. The van der Waals surface area contributed by atoms with Crippen molar-refractivity contribution in [3.05, 3.63) is 35.4 Å². The van der Waals surface area contributed by atoms with Crippen molar-refractivity contribution in [3.63, 3.8) is 0 Å². The zero-order valence-electron chi connectivity index (χ0n) is 10.1. The van der Waals surface area contributed by atoms with Crippen molar-refractivity contribution in [1.82, 2.24) is 5.32 Å². The first-order chi connectivity index (χ1) is 8.10. The molecule has 0 amide bonds. The summed E-state index contributed by atoms with van der Waals surface area (Å²) in [6.07, 6.45) is 0. The lowest BCUT2D eigenvalue weighted by Crippen LogP contribution is -2.62. The molecule has 0 spiro atoms. The third-order valence-corrected chi connectivity index (χ3v) is 3.43. The first kappa shape index (κ1) is 12.1. The zero-order chi connectivity index (χ0) is 12.5. The molecule has 1 saturated heterocycles. The molecule has 1 aromatic carbocycles. The van der Waals surface area contributed by atoms with Gasteiger partial charge in [-0.1, -0.05) is 29.8 Å². The molecule has 1 heterocycles. The second-order valence-electron chi connectivity index (χ2n) is 4.57. The highest BCUT2D eigenvalue weighted by Gasteiger charge is 2.50. The van der Waals surface area contributed by atoms with Crippen molar-refractivity contribution in [1.29, 1.82) is 0 Å². The number of ether oxygens (including phenoxy) is 1. The molecule has 4 nitrogen and oxygen atoms in total. The summed E-state index contributed by atoms with van der Waals surface area (Å²) in [4.78, 5) is 11.3. The third kappa shape index (κ3) is 1.94. The predicted octanol–water partition coefficient (Wildman–Crippen LogP) is 0.936. The minimum Gasteiger partial charge on any atom is -0.480 e. The van der Waals surface area contributed by atoms with Crippen molar-refractivity contribution in [2.75, 3.05) is 20.3 Å². The molecule has 0 bridgehead atoms. The Morgan fingerprint density at radius 1 is 1.41 bits per heavy atom. The maximum absolute atomic E-state index is 11.3. The number of aliphatic carboxylic acids is 1. The molecule has 0 aliphatic carbocycles. The number of benzene rings is 1. The second-order valence-corrected chi connectivity index (χ2v) is 4.57. The van der Waals surface area contributed by atoms with Crippen LogP contribution in [0.25, 0.3) is 0 Å². The molecule has 1 aliphatic rings. The summed E-state index contributed by atoms with van der Waals surface area (Å²) in [7, 11) is 1.67. The number of carboxylic acid groups (broad SMARTS) is 1. The van der Waals surface area contributed by atoms with Gasteiger partial charge in [0.25, 0.3) is 0 Å². The van der Waals surface area contributed by atoms with E-state index in [-0.39, 0.29) is 0 Å². The van der Waals surface area contributed by atoms with E-state index in [1.54, 1.807) is 7.05 Å². The topological polar surface area (TPSA) is 58.6 Å². The Hall–Kier alpha value is -1.39. The molecule has 1 unspecified atom stereocenters. The highest BCUT2D eigenvalue weighted by atomic mass is 16.5. The van der Waals surface area contributed by atoms with Gasteiger partial charge in [-0.05, 0) is 19.5 Å².